The highest BCUT2D eigenvalue weighted by Crippen LogP contribution is 2.24. The summed E-state index contributed by atoms with van der Waals surface area (Å²) >= 11 is 0. The van der Waals surface area contributed by atoms with E-state index in [9.17, 15) is 4.39 Å². The topological polar surface area (TPSA) is 51.2 Å². The van der Waals surface area contributed by atoms with Crippen molar-refractivity contribution < 1.29 is 8.81 Å². The summed E-state index contributed by atoms with van der Waals surface area (Å²) in [4.78, 5) is 0. The van der Waals surface area contributed by atoms with Gasteiger partial charge in [0.15, 0.2) is 0 Å². The number of anilines is 2. The number of nitrogens with two attached hydrogens (primary N) is 1. The third-order valence-electron chi connectivity index (χ3n) is 2.36. The first-order valence-corrected chi connectivity index (χ1v) is 5.02. The molecule has 1 heterocycles. The first-order valence-electron chi connectivity index (χ1n) is 5.02. The van der Waals surface area contributed by atoms with Gasteiger partial charge in [0, 0.05) is 0 Å². The molecule has 4 heteroatoms. The van der Waals surface area contributed by atoms with Gasteiger partial charge in [0.2, 0.25) is 0 Å². The van der Waals surface area contributed by atoms with Crippen molar-refractivity contribution in [1.82, 2.24) is 0 Å². The molecule has 0 saturated heterocycles. The lowest BCUT2D eigenvalue weighted by Gasteiger charge is -2.14. The predicted molar refractivity (Wildman–Crippen MR) is 61.6 cm³/mol. The van der Waals surface area contributed by atoms with Crippen LogP contribution >= 0.6 is 0 Å². The van der Waals surface area contributed by atoms with Gasteiger partial charge in [0.05, 0.1) is 23.7 Å². The van der Waals surface area contributed by atoms with Crippen molar-refractivity contribution >= 4 is 11.4 Å². The molecule has 1 aromatic heterocycles. The van der Waals surface area contributed by atoms with Crippen molar-refractivity contribution in [2.24, 2.45) is 0 Å². The highest BCUT2D eigenvalue weighted by Gasteiger charge is 2.09. The largest absolute Gasteiger partial charge is 0.467 e. The molecule has 0 aliphatic carbocycles. The molecule has 84 valence electrons. The second-order valence-corrected chi connectivity index (χ2v) is 3.61. The highest BCUT2D eigenvalue weighted by molar-refractivity contribution is 5.66. The van der Waals surface area contributed by atoms with Crippen LogP contribution in [0.3, 0.4) is 0 Å². The Morgan fingerprint density at radius 1 is 1.38 bits per heavy atom. The summed E-state index contributed by atoms with van der Waals surface area (Å²) in [5.41, 5.74) is 6.78. The Labute approximate surface area is 93.1 Å². The van der Waals surface area contributed by atoms with Gasteiger partial charge < -0.3 is 15.5 Å². The number of halogens is 1. The molecule has 3 N–H and O–H groups in total. The van der Waals surface area contributed by atoms with Gasteiger partial charge in [0.25, 0.3) is 0 Å². The van der Waals surface area contributed by atoms with E-state index in [1.807, 2.05) is 19.1 Å². The molecule has 0 fully saturated rings. The zero-order chi connectivity index (χ0) is 11.5. The Morgan fingerprint density at radius 3 is 2.81 bits per heavy atom. The van der Waals surface area contributed by atoms with E-state index in [-0.39, 0.29) is 11.9 Å². The van der Waals surface area contributed by atoms with Crippen LogP contribution < -0.4 is 11.1 Å². The molecule has 0 radical (unpaired) electrons. The summed E-state index contributed by atoms with van der Waals surface area (Å²) in [6.45, 7) is 1.95. The fourth-order valence-corrected chi connectivity index (χ4v) is 1.51. The molecule has 0 amide bonds. The minimum atomic E-state index is -0.339. The van der Waals surface area contributed by atoms with E-state index in [1.165, 1.54) is 12.1 Å². The van der Waals surface area contributed by atoms with Crippen LogP contribution in [0.15, 0.2) is 41.0 Å². The lowest BCUT2D eigenvalue weighted by atomic mass is 10.2. The van der Waals surface area contributed by atoms with E-state index in [4.69, 9.17) is 10.2 Å². The predicted octanol–water partition coefficient (Wildman–Crippen LogP) is 3.17. The van der Waals surface area contributed by atoms with Crippen LogP contribution in [-0.4, -0.2) is 0 Å². The monoisotopic (exact) mass is 220 g/mol. The third kappa shape index (κ3) is 2.16. The Hall–Kier alpha value is -1.97. The van der Waals surface area contributed by atoms with Crippen LogP contribution in [-0.2, 0) is 0 Å². The molecule has 3 nitrogen and oxygen atoms in total. The maximum absolute atomic E-state index is 12.8. The average Bonchev–Trinajstić information content (AvgIpc) is 2.75. The van der Waals surface area contributed by atoms with E-state index < -0.39 is 0 Å². The number of hydrogen-bond donors (Lipinski definition) is 2. The second kappa shape index (κ2) is 4.26. The zero-order valence-corrected chi connectivity index (χ0v) is 8.91. The molecule has 2 rings (SSSR count). The van der Waals surface area contributed by atoms with E-state index in [1.54, 1.807) is 12.3 Å². The number of hydrogen-bond acceptors (Lipinski definition) is 3. The number of rotatable bonds is 3. The van der Waals surface area contributed by atoms with Crippen LogP contribution in [0.4, 0.5) is 15.8 Å². The van der Waals surface area contributed by atoms with Crippen LogP contribution in [0, 0.1) is 5.82 Å². The first-order chi connectivity index (χ1) is 7.66. The molecule has 0 saturated carbocycles. The molecule has 1 unspecified atom stereocenters. The summed E-state index contributed by atoms with van der Waals surface area (Å²) in [5, 5.41) is 3.15. The van der Waals surface area contributed by atoms with E-state index in [0.717, 1.165) is 5.76 Å². The Kier molecular flexibility index (Phi) is 2.81. The molecule has 2 aromatic rings. The van der Waals surface area contributed by atoms with Gasteiger partial charge in [-0.25, -0.2) is 4.39 Å². The summed E-state index contributed by atoms with van der Waals surface area (Å²) in [6.07, 6.45) is 1.61. The minimum absolute atomic E-state index is 0.0113. The van der Waals surface area contributed by atoms with Crippen LogP contribution in [0.1, 0.15) is 18.7 Å². The summed E-state index contributed by atoms with van der Waals surface area (Å²) in [7, 11) is 0. The van der Waals surface area contributed by atoms with E-state index in [0.29, 0.717) is 11.4 Å². The SMILES string of the molecule is CC(Nc1ccc(F)cc1N)c1ccco1. The minimum Gasteiger partial charge on any atom is -0.467 e. The van der Waals surface area contributed by atoms with Crippen molar-refractivity contribution in [2.75, 3.05) is 11.1 Å². The van der Waals surface area contributed by atoms with Crippen molar-refractivity contribution in [3.8, 4) is 0 Å². The van der Waals surface area contributed by atoms with Crippen LogP contribution in [0.2, 0.25) is 0 Å². The standard InChI is InChI=1S/C12H13FN2O/c1-8(12-3-2-6-16-12)15-11-5-4-9(13)7-10(11)14/h2-8,15H,14H2,1H3. The van der Waals surface area contributed by atoms with Gasteiger partial charge >= 0.3 is 0 Å². The molecule has 16 heavy (non-hydrogen) atoms. The van der Waals surface area contributed by atoms with Crippen LogP contribution in [0.5, 0.6) is 0 Å². The van der Waals surface area contributed by atoms with Crippen molar-refractivity contribution in [3.05, 3.63) is 48.2 Å². The van der Waals surface area contributed by atoms with Gasteiger partial charge in [0.1, 0.15) is 11.6 Å². The molecule has 0 spiro atoms. The molecule has 0 bridgehead atoms. The first kappa shape index (κ1) is 10.5. The maximum atomic E-state index is 12.8. The van der Waals surface area contributed by atoms with Gasteiger partial charge in [-0.3, -0.25) is 0 Å². The Balaban J connectivity index is 2.15. The van der Waals surface area contributed by atoms with Crippen LogP contribution in [0.25, 0.3) is 0 Å². The molecular formula is C12H13FN2O. The van der Waals surface area contributed by atoms with E-state index >= 15 is 0 Å². The Morgan fingerprint density at radius 2 is 2.19 bits per heavy atom. The molecule has 0 aliphatic rings. The zero-order valence-electron chi connectivity index (χ0n) is 8.91. The molecular weight excluding hydrogens is 207 g/mol. The maximum Gasteiger partial charge on any atom is 0.125 e. The quantitative estimate of drug-likeness (QED) is 0.781. The second-order valence-electron chi connectivity index (χ2n) is 3.61. The van der Waals surface area contributed by atoms with Crippen molar-refractivity contribution in [1.29, 1.82) is 0 Å². The highest BCUT2D eigenvalue weighted by atomic mass is 19.1. The van der Waals surface area contributed by atoms with Gasteiger partial charge in [-0.05, 0) is 37.3 Å². The molecule has 1 atom stereocenters. The fraction of sp³-hybridized carbons (Fsp3) is 0.167. The normalized spacial score (nSPS) is 12.4. The number of benzene rings is 1. The number of furan rings is 1. The summed E-state index contributed by atoms with van der Waals surface area (Å²) in [5.74, 6) is 0.470. The number of nitrogen functional groups attached to an aromatic ring is 1. The van der Waals surface area contributed by atoms with Crippen molar-refractivity contribution in [2.45, 2.75) is 13.0 Å². The van der Waals surface area contributed by atoms with Gasteiger partial charge in [-0.1, -0.05) is 0 Å². The summed E-state index contributed by atoms with van der Waals surface area (Å²) < 4.78 is 18.1. The average molecular weight is 220 g/mol. The fourth-order valence-electron chi connectivity index (χ4n) is 1.51. The molecule has 0 aliphatic heterocycles. The van der Waals surface area contributed by atoms with Gasteiger partial charge in [-0.2, -0.15) is 0 Å². The summed E-state index contributed by atoms with van der Waals surface area (Å²) in [6, 6.07) is 7.95. The smallest absolute Gasteiger partial charge is 0.125 e. The third-order valence-corrected chi connectivity index (χ3v) is 2.36. The lowest BCUT2D eigenvalue weighted by molar-refractivity contribution is 0.490. The van der Waals surface area contributed by atoms with E-state index in [2.05, 4.69) is 5.32 Å². The lowest BCUT2D eigenvalue weighted by Crippen LogP contribution is -2.07. The Bertz CT molecular complexity index is 468. The molecule has 1 aromatic carbocycles. The number of nitrogens with one attached hydrogen (secondary N) is 1. The van der Waals surface area contributed by atoms with Crippen molar-refractivity contribution in [3.63, 3.8) is 0 Å². The van der Waals surface area contributed by atoms with Gasteiger partial charge in [-0.15, -0.1) is 0 Å².